The van der Waals surface area contributed by atoms with Crippen molar-refractivity contribution < 1.29 is 30.8 Å². The van der Waals surface area contributed by atoms with Crippen molar-refractivity contribution in [3.63, 3.8) is 0 Å². The quantitative estimate of drug-likeness (QED) is 0.569. The molecule has 1 fully saturated rings. The van der Waals surface area contributed by atoms with E-state index in [9.17, 15) is 31.2 Å². The first-order valence-electron chi connectivity index (χ1n) is 10.1. The highest BCUT2D eigenvalue weighted by Gasteiger charge is 2.40. The SMILES string of the molecule is C[C@H](C(=O)N1CCN(S(=O)(=O)c2ccccc2C(F)(F)F)CC1)n1c(=O)oc2ccccc21. The Kier molecular flexibility index (Phi) is 5.83. The topological polar surface area (TPSA) is 92.8 Å². The minimum absolute atomic E-state index is 0.0267. The Morgan fingerprint density at radius 3 is 2.27 bits per heavy atom. The van der Waals surface area contributed by atoms with Crippen molar-refractivity contribution in [1.29, 1.82) is 0 Å². The Bertz CT molecular complexity index is 1360. The predicted molar refractivity (Wildman–Crippen MR) is 112 cm³/mol. The molecule has 0 saturated carbocycles. The molecule has 0 spiro atoms. The van der Waals surface area contributed by atoms with Crippen LogP contribution < -0.4 is 5.76 Å². The van der Waals surface area contributed by atoms with Crippen LogP contribution in [-0.4, -0.2) is 54.3 Å². The van der Waals surface area contributed by atoms with Gasteiger partial charge in [0.2, 0.25) is 15.9 Å². The molecule has 33 heavy (non-hydrogen) atoms. The first kappa shape index (κ1) is 23.1. The van der Waals surface area contributed by atoms with Gasteiger partial charge >= 0.3 is 11.9 Å². The van der Waals surface area contributed by atoms with Crippen molar-refractivity contribution in [3.8, 4) is 0 Å². The summed E-state index contributed by atoms with van der Waals surface area (Å²) in [5, 5.41) is 0. The van der Waals surface area contributed by atoms with E-state index in [0.717, 1.165) is 22.5 Å². The number of rotatable bonds is 4. The summed E-state index contributed by atoms with van der Waals surface area (Å²) in [5.74, 6) is -1.11. The van der Waals surface area contributed by atoms with Gasteiger partial charge in [0.15, 0.2) is 5.58 Å². The van der Waals surface area contributed by atoms with Crippen LogP contribution in [0.25, 0.3) is 11.1 Å². The second-order valence-electron chi connectivity index (χ2n) is 7.60. The van der Waals surface area contributed by atoms with E-state index >= 15 is 0 Å². The second kappa shape index (κ2) is 8.34. The highest BCUT2D eigenvalue weighted by molar-refractivity contribution is 7.89. The number of fused-ring (bicyclic) bond motifs is 1. The van der Waals surface area contributed by atoms with E-state index in [-0.39, 0.29) is 26.2 Å². The fourth-order valence-corrected chi connectivity index (χ4v) is 5.57. The zero-order chi connectivity index (χ0) is 24.0. The number of hydrogen-bond donors (Lipinski definition) is 0. The van der Waals surface area contributed by atoms with Gasteiger partial charge in [0.25, 0.3) is 0 Å². The van der Waals surface area contributed by atoms with E-state index in [2.05, 4.69) is 0 Å². The maximum Gasteiger partial charge on any atom is 0.420 e. The van der Waals surface area contributed by atoms with Crippen molar-refractivity contribution in [2.45, 2.75) is 24.0 Å². The molecular formula is C21H20F3N3O5S. The molecule has 1 saturated heterocycles. The number of oxazole rings is 1. The number of piperazine rings is 1. The van der Waals surface area contributed by atoms with Gasteiger partial charge in [0, 0.05) is 26.2 Å². The highest BCUT2D eigenvalue weighted by atomic mass is 32.2. The summed E-state index contributed by atoms with van der Waals surface area (Å²) in [5.41, 5.74) is -0.446. The van der Waals surface area contributed by atoms with Gasteiger partial charge in [-0.05, 0) is 31.2 Å². The fourth-order valence-electron chi connectivity index (χ4n) is 3.94. The van der Waals surface area contributed by atoms with Gasteiger partial charge in [0.05, 0.1) is 16.0 Å². The number of hydrogen-bond acceptors (Lipinski definition) is 5. The van der Waals surface area contributed by atoms with Crippen LogP contribution in [0.2, 0.25) is 0 Å². The molecule has 2 heterocycles. The summed E-state index contributed by atoms with van der Waals surface area (Å²) in [6.07, 6.45) is -4.82. The maximum atomic E-state index is 13.3. The number of carbonyl (C=O) groups excluding carboxylic acids is 1. The summed E-state index contributed by atoms with van der Waals surface area (Å²) in [6, 6.07) is 9.74. The molecular weight excluding hydrogens is 463 g/mol. The number of sulfonamides is 1. The van der Waals surface area contributed by atoms with E-state index < -0.39 is 44.4 Å². The lowest BCUT2D eigenvalue weighted by atomic mass is 10.2. The first-order chi connectivity index (χ1) is 15.5. The Labute approximate surface area is 186 Å². The van der Waals surface area contributed by atoms with Crippen LogP contribution in [-0.2, 0) is 21.0 Å². The molecule has 0 aliphatic carbocycles. The summed E-state index contributed by atoms with van der Waals surface area (Å²) < 4.78 is 73.1. The molecule has 8 nitrogen and oxygen atoms in total. The van der Waals surface area contributed by atoms with Gasteiger partial charge in [-0.25, -0.2) is 13.2 Å². The first-order valence-corrected chi connectivity index (χ1v) is 11.5. The third-order valence-electron chi connectivity index (χ3n) is 5.62. The van der Waals surface area contributed by atoms with Crippen LogP contribution in [0.5, 0.6) is 0 Å². The van der Waals surface area contributed by atoms with Gasteiger partial charge in [-0.15, -0.1) is 0 Å². The highest BCUT2D eigenvalue weighted by Crippen LogP contribution is 2.35. The molecule has 0 bridgehead atoms. The second-order valence-corrected chi connectivity index (χ2v) is 9.51. The number of alkyl halides is 3. The van der Waals surface area contributed by atoms with Crippen LogP contribution in [0.1, 0.15) is 18.5 Å². The third kappa shape index (κ3) is 4.15. The Balaban J connectivity index is 1.52. The molecule has 1 aromatic heterocycles. The Morgan fingerprint density at radius 1 is 1.00 bits per heavy atom. The minimum Gasteiger partial charge on any atom is -0.408 e. The average molecular weight is 483 g/mol. The van der Waals surface area contributed by atoms with Crippen LogP contribution in [0.4, 0.5) is 13.2 Å². The number of carbonyl (C=O) groups is 1. The lowest BCUT2D eigenvalue weighted by molar-refractivity contribution is -0.140. The number of amides is 1. The van der Waals surface area contributed by atoms with Gasteiger partial charge in [-0.3, -0.25) is 9.36 Å². The van der Waals surface area contributed by atoms with E-state index in [1.54, 1.807) is 24.3 Å². The maximum absolute atomic E-state index is 13.3. The summed E-state index contributed by atoms with van der Waals surface area (Å²) in [6.45, 7) is 1.14. The lowest BCUT2D eigenvalue weighted by Gasteiger charge is -2.35. The molecule has 12 heteroatoms. The molecule has 0 N–H and O–H groups in total. The van der Waals surface area contributed by atoms with Crippen molar-refractivity contribution in [1.82, 2.24) is 13.8 Å². The normalized spacial score (nSPS) is 16.8. The lowest BCUT2D eigenvalue weighted by Crippen LogP contribution is -2.52. The molecule has 1 amide bonds. The fraction of sp³-hybridized carbons (Fsp3) is 0.333. The van der Waals surface area contributed by atoms with Crippen molar-refractivity contribution in [2.24, 2.45) is 0 Å². The van der Waals surface area contributed by atoms with Crippen LogP contribution in [0.3, 0.4) is 0 Å². The molecule has 0 unspecified atom stereocenters. The number of halogens is 3. The van der Waals surface area contributed by atoms with E-state index in [1.165, 1.54) is 22.5 Å². The molecule has 4 rings (SSSR count). The number of benzene rings is 2. The molecule has 2 aromatic carbocycles. The zero-order valence-electron chi connectivity index (χ0n) is 17.4. The number of para-hydroxylation sites is 2. The number of nitrogens with zero attached hydrogens (tertiary/aromatic N) is 3. The summed E-state index contributed by atoms with van der Waals surface area (Å²) >= 11 is 0. The van der Waals surface area contributed by atoms with Crippen molar-refractivity contribution in [2.75, 3.05) is 26.2 Å². The molecule has 1 aliphatic heterocycles. The van der Waals surface area contributed by atoms with Crippen molar-refractivity contribution in [3.05, 3.63) is 64.6 Å². The van der Waals surface area contributed by atoms with Crippen molar-refractivity contribution >= 4 is 27.0 Å². The van der Waals surface area contributed by atoms with Gasteiger partial charge in [-0.2, -0.15) is 17.5 Å². The van der Waals surface area contributed by atoms with Gasteiger partial charge in [0.1, 0.15) is 6.04 Å². The van der Waals surface area contributed by atoms with Crippen LogP contribution in [0.15, 0.2) is 62.6 Å². The minimum atomic E-state index is -4.82. The van der Waals surface area contributed by atoms with Gasteiger partial charge in [-0.1, -0.05) is 24.3 Å². The molecule has 3 aromatic rings. The number of aromatic nitrogens is 1. The summed E-state index contributed by atoms with van der Waals surface area (Å²) in [4.78, 5) is 25.9. The Hall–Kier alpha value is -3.12. The molecule has 1 aliphatic rings. The largest absolute Gasteiger partial charge is 0.420 e. The zero-order valence-corrected chi connectivity index (χ0v) is 18.3. The molecule has 176 valence electrons. The Morgan fingerprint density at radius 2 is 1.61 bits per heavy atom. The van der Waals surface area contributed by atoms with Crippen LogP contribution >= 0.6 is 0 Å². The average Bonchev–Trinajstić information content (AvgIpc) is 3.13. The van der Waals surface area contributed by atoms with E-state index in [4.69, 9.17) is 4.42 Å². The molecule has 0 radical (unpaired) electrons. The predicted octanol–water partition coefficient (Wildman–Crippen LogP) is 2.71. The van der Waals surface area contributed by atoms with Gasteiger partial charge < -0.3 is 9.32 Å². The third-order valence-corrected chi connectivity index (χ3v) is 7.58. The monoisotopic (exact) mass is 483 g/mol. The van der Waals surface area contributed by atoms with Crippen LogP contribution in [0, 0.1) is 0 Å². The smallest absolute Gasteiger partial charge is 0.408 e. The van der Waals surface area contributed by atoms with E-state index in [1.807, 2.05) is 0 Å². The van der Waals surface area contributed by atoms with E-state index in [0.29, 0.717) is 11.1 Å². The molecule has 1 atom stereocenters. The standard InChI is InChI=1S/C21H20F3N3O5S/c1-14(27-16-7-3-4-8-17(16)32-20(27)29)19(28)25-10-12-26(13-11-25)33(30,31)18-9-5-2-6-15(18)21(22,23)24/h2-9,14H,10-13H2,1H3/t14-/m1/s1. The summed E-state index contributed by atoms with van der Waals surface area (Å²) in [7, 11) is -4.42.